The molecule has 0 saturated carbocycles. The smallest absolute Gasteiger partial charge is 0.340 e. The van der Waals surface area contributed by atoms with Crippen LogP contribution in [0.4, 0.5) is 0 Å². The normalized spacial score (nSPS) is 10.8. The van der Waals surface area contributed by atoms with Crippen LogP contribution in [0, 0.1) is 13.8 Å². The fraction of sp³-hybridized carbons (Fsp3) is 0.200. The summed E-state index contributed by atoms with van der Waals surface area (Å²) in [5, 5.41) is 0.354. The van der Waals surface area contributed by atoms with Crippen LogP contribution >= 0.6 is 23.2 Å². The molecule has 0 bridgehead atoms. The van der Waals surface area contributed by atoms with Crippen LogP contribution < -0.4 is 0 Å². The first-order valence-corrected chi connectivity index (χ1v) is 8.97. The first kappa shape index (κ1) is 19.3. The number of hydrogen-bond donors (Lipinski definition) is 0. The molecule has 0 aliphatic rings. The number of esters is 1. The highest BCUT2D eigenvalue weighted by atomic mass is 35.5. The van der Waals surface area contributed by atoms with E-state index in [0.29, 0.717) is 12.1 Å². The van der Waals surface area contributed by atoms with Crippen molar-refractivity contribution in [3.8, 4) is 0 Å². The molecule has 3 rings (SSSR count). The topological polar surface area (TPSA) is 61.4 Å². The summed E-state index contributed by atoms with van der Waals surface area (Å²) < 4.78 is 12.5. The van der Waals surface area contributed by atoms with Gasteiger partial charge in [0.25, 0.3) is 0 Å². The number of nitrogens with zero attached hydrogens (tertiary/aromatic N) is 1. The van der Waals surface area contributed by atoms with E-state index in [1.54, 1.807) is 24.5 Å². The maximum Gasteiger partial charge on any atom is 0.340 e. The summed E-state index contributed by atoms with van der Waals surface area (Å²) in [6.07, 6.45) is 1.61. The van der Waals surface area contributed by atoms with Crippen molar-refractivity contribution in [2.24, 2.45) is 0 Å². The number of aromatic nitrogens is 1. The highest BCUT2D eigenvalue weighted by molar-refractivity contribution is 6.43. The summed E-state index contributed by atoms with van der Waals surface area (Å²) >= 11 is 11.9. The molecule has 0 saturated heterocycles. The molecule has 5 nitrogen and oxygen atoms in total. The molecule has 0 amide bonds. The van der Waals surface area contributed by atoms with E-state index < -0.39 is 5.97 Å². The zero-order chi connectivity index (χ0) is 19.6. The van der Waals surface area contributed by atoms with Crippen molar-refractivity contribution in [1.82, 2.24) is 4.57 Å². The number of carbonyl (C=O) groups is 2. The number of aryl methyl sites for hydroxylation is 1. The molecule has 140 valence electrons. The van der Waals surface area contributed by atoms with Crippen molar-refractivity contribution < 1.29 is 18.7 Å². The monoisotopic (exact) mass is 405 g/mol. The lowest BCUT2D eigenvalue weighted by Crippen LogP contribution is -2.15. The summed E-state index contributed by atoms with van der Waals surface area (Å²) in [5.41, 5.74) is 2.33. The Balaban J connectivity index is 1.71. The SMILES string of the molecule is Cc1cc(C(=O)COC(=O)c2cccc(Cl)c2Cl)c(C)n1Cc1ccco1. The van der Waals surface area contributed by atoms with Crippen LogP contribution in [0.1, 0.15) is 37.9 Å². The molecule has 0 aliphatic heterocycles. The number of Topliss-reactive ketones (excluding diaryl/α,β-unsaturated/α-hetero) is 1. The summed E-state index contributed by atoms with van der Waals surface area (Å²) in [5.74, 6) is -0.196. The Morgan fingerprint density at radius 2 is 1.89 bits per heavy atom. The van der Waals surface area contributed by atoms with Crippen molar-refractivity contribution in [3.63, 3.8) is 0 Å². The Kier molecular flexibility index (Phi) is 5.73. The van der Waals surface area contributed by atoms with E-state index >= 15 is 0 Å². The molecule has 0 aliphatic carbocycles. The molecule has 7 heteroatoms. The molecule has 2 heterocycles. The zero-order valence-corrected chi connectivity index (χ0v) is 16.3. The third-order valence-electron chi connectivity index (χ3n) is 4.27. The summed E-state index contributed by atoms with van der Waals surface area (Å²) in [4.78, 5) is 24.7. The third-order valence-corrected chi connectivity index (χ3v) is 5.09. The third kappa shape index (κ3) is 4.10. The van der Waals surface area contributed by atoms with Crippen LogP contribution in [0.15, 0.2) is 47.1 Å². The molecule has 0 fully saturated rings. The molecular formula is C20H17Cl2NO4. The van der Waals surface area contributed by atoms with Crippen LogP contribution in [-0.2, 0) is 11.3 Å². The first-order valence-electron chi connectivity index (χ1n) is 8.22. The zero-order valence-electron chi connectivity index (χ0n) is 14.8. The Morgan fingerprint density at radius 1 is 1.11 bits per heavy atom. The van der Waals surface area contributed by atoms with Gasteiger partial charge in [0.05, 0.1) is 28.4 Å². The molecule has 0 N–H and O–H groups in total. The highest BCUT2D eigenvalue weighted by Crippen LogP contribution is 2.26. The van der Waals surface area contributed by atoms with Gasteiger partial charge in [0.1, 0.15) is 5.76 Å². The summed E-state index contributed by atoms with van der Waals surface area (Å²) in [6, 6.07) is 10.1. The lowest BCUT2D eigenvalue weighted by Gasteiger charge is -2.08. The summed E-state index contributed by atoms with van der Waals surface area (Å²) in [6.45, 7) is 3.89. The second-order valence-electron chi connectivity index (χ2n) is 6.05. The van der Waals surface area contributed by atoms with Crippen molar-refractivity contribution >= 4 is 35.0 Å². The number of carbonyl (C=O) groups excluding carboxylic acids is 2. The molecule has 3 aromatic rings. The van der Waals surface area contributed by atoms with Gasteiger partial charge >= 0.3 is 5.97 Å². The largest absolute Gasteiger partial charge is 0.467 e. The fourth-order valence-electron chi connectivity index (χ4n) is 2.83. The van der Waals surface area contributed by atoms with Gasteiger partial charge in [0.15, 0.2) is 6.61 Å². The van der Waals surface area contributed by atoms with E-state index in [1.807, 2.05) is 30.5 Å². The second-order valence-corrected chi connectivity index (χ2v) is 6.84. The second kappa shape index (κ2) is 8.03. The Hall–Kier alpha value is -2.50. The maximum atomic E-state index is 12.5. The van der Waals surface area contributed by atoms with Gasteiger partial charge in [-0.2, -0.15) is 0 Å². The van der Waals surface area contributed by atoms with Gasteiger partial charge < -0.3 is 13.7 Å². The number of benzene rings is 1. The quantitative estimate of drug-likeness (QED) is 0.423. The molecule has 0 radical (unpaired) electrons. The predicted octanol–water partition coefficient (Wildman–Crippen LogP) is 5.09. The lowest BCUT2D eigenvalue weighted by atomic mass is 10.1. The number of hydrogen-bond acceptors (Lipinski definition) is 4. The van der Waals surface area contributed by atoms with Gasteiger partial charge in [-0.3, -0.25) is 4.79 Å². The lowest BCUT2D eigenvalue weighted by molar-refractivity contribution is 0.0474. The van der Waals surface area contributed by atoms with Gasteiger partial charge in [-0.05, 0) is 44.2 Å². The van der Waals surface area contributed by atoms with Crippen molar-refractivity contribution in [1.29, 1.82) is 0 Å². The molecule has 1 aromatic carbocycles. The maximum absolute atomic E-state index is 12.5. The van der Waals surface area contributed by atoms with Crippen LogP contribution in [-0.4, -0.2) is 22.9 Å². The first-order chi connectivity index (χ1) is 12.9. The van der Waals surface area contributed by atoms with Crippen LogP contribution in [0.3, 0.4) is 0 Å². The molecule has 27 heavy (non-hydrogen) atoms. The average Bonchev–Trinajstić information content (AvgIpc) is 3.25. The number of ketones is 1. The Bertz CT molecular complexity index is 990. The van der Waals surface area contributed by atoms with Gasteiger partial charge in [-0.25, -0.2) is 4.79 Å². The van der Waals surface area contributed by atoms with E-state index in [-0.39, 0.29) is 28.0 Å². The van der Waals surface area contributed by atoms with Crippen LogP contribution in [0.5, 0.6) is 0 Å². The minimum absolute atomic E-state index is 0.105. The number of halogens is 2. The standard InChI is InChI=1S/C20H17Cl2NO4/c1-12-9-16(13(2)23(12)10-14-5-4-8-26-14)18(24)11-27-20(25)15-6-3-7-17(21)19(15)22/h3-9H,10-11H2,1-2H3. The van der Waals surface area contributed by atoms with Crippen LogP contribution in [0.2, 0.25) is 10.0 Å². The van der Waals surface area contributed by atoms with Gasteiger partial charge in [0.2, 0.25) is 5.78 Å². The molecule has 0 unspecified atom stereocenters. The van der Waals surface area contributed by atoms with Gasteiger partial charge in [-0.15, -0.1) is 0 Å². The predicted molar refractivity (Wildman–Crippen MR) is 103 cm³/mol. The average molecular weight is 406 g/mol. The molecule has 0 atom stereocenters. The van der Waals surface area contributed by atoms with E-state index in [2.05, 4.69) is 0 Å². The molecule has 0 spiro atoms. The fourth-order valence-corrected chi connectivity index (χ4v) is 3.21. The highest BCUT2D eigenvalue weighted by Gasteiger charge is 2.20. The Morgan fingerprint density at radius 3 is 2.59 bits per heavy atom. The van der Waals surface area contributed by atoms with E-state index in [1.165, 1.54) is 6.07 Å². The number of rotatable bonds is 6. The molecular weight excluding hydrogens is 389 g/mol. The van der Waals surface area contributed by atoms with Gasteiger partial charge in [0, 0.05) is 17.0 Å². The van der Waals surface area contributed by atoms with Crippen molar-refractivity contribution in [3.05, 3.63) is 81.0 Å². The van der Waals surface area contributed by atoms with Crippen molar-refractivity contribution in [2.75, 3.05) is 6.61 Å². The van der Waals surface area contributed by atoms with E-state index in [0.717, 1.165) is 17.1 Å². The van der Waals surface area contributed by atoms with Crippen LogP contribution in [0.25, 0.3) is 0 Å². The van der Waals surface area contributed by atoms with Crippen molar-refractivity contribution in [2.45, 2.75) is 20.4 Å². The summed E-state index contributed by atoms with van der Waals surface area (Å²) in [7, 11) is 0. The number of ether oxygens (including phenoxy) is 1. The molecule has 2 aromatic heterocycles. The Labute approximate surface area is 166 Å². The van der Waals surface area contributed by atoms with E-state index in [9.17, 15) is 9.59 Å². The minimum atomic E-state index is -0.694. The number of furan rings is 1. The minimum Gasteiger partial charge on any atom is -0.467 e. The van der Waals surface area contributed by atoms with E-state index in [4.69, 9.17) is 32.4 Å². The van der Waals surface area contributed by atoms with Gasteiger partial charge in [-0.1, -0.05) is 29.3 Å².